The molecule has 2 saturated heterocycles. The first-order valence-electron chi connectivity index (χ1n) is 12.8. The van der Waals surface area contributed by atoms with Crippen molar-refractivity contribution in [3.8, 4) is 0 Å². The van der Waals surface area contributed by atoms with Gasteiger partial charge in [-0.15, -0.1) is 0 Å². The molecule has 1 saturated carbocycles. The fraction of sp³-hybridized carbons (Fsp3) is 0.357. The van der Waals surface area contributed by atoms with Gasteiger partial charge in [-0.2, -0.15) is 0 Å². The Morgan fingerprint density at radius 1 is 1.11 bits per heavy atom. The molecule has 7 nitrogen and oxygen atoms in total. The number of hydrogen-bond donors (Lipinski definition) is 1. The zero-order valence-electron chi connectivity index (χ0n) is 20.3. The van der Waals surface area contributed by atoms with Gasteiger partial charge in [-0.1, -0.05) is 41.4 Å². The maximum atomic E-state index is 15.9. The molecule has 1 spiro atoms. The number of likely N-dealkylation sites (tertiary alicyclic amines) is 2. The Balaban J connectivity index is 1.47. The van der Waals surface area contributed by atoms with Crippen molar-refractivity contribution in [1.29, 1.82) is 0 Å². The van der Waals surface area contributed by atoms with Crippen LogP contribution in [0.4, 0.5) is 10.1 Å². The fourth-order valence-electron chi connectivity index (χ4n) is 6.92. The predicted molar refractivity (Wildman–Crippen MR) is 141 cm³/mol. The molecular weight excluding hydrogens is 528 g/mol. The van der Waals surface area contributed by atoms with Gasteiger partial charge in [0, 0.05) is 53.7 Å². The molecule has 2 aromatic carbocycles. The van der Waals surface area contributed by atoms with Crippen molar-refractivity contribution in [3.63, 3.8) is 0 Å². The van der Waals surface area contributed by atoms with Gasteiger partial charge in [0.25, 0.3) is 5.91 Å². The van der Waals surface area contributed by atoms with E-state index in [1.54, 1.807) is 35.2 Å². The van der Waals surface area contributed by atoms with Crippen LogP contribution in [0.1, 0.15) is 46.9 Å². The average molecular weight is 552 g/mol. The average Bonchev–Trinajstić information content (AvgIpc) is 3.48. The van der Waals surface area contributed by atoms with Crippen molar-refractivity contribution >= 4 is 40.7 Å². The number of carbonyl (C=O) groups is 2. The first-order chi connectivity index (χ1) is 18.4. The molecule has 1 aromatic heterocycles. The monoisotopic (exact) mass is 551 g/mol. The van der Waals surface area contributed by atoms with Crippen molar-refractivity contribution in [2.75, 3.05) is 18.4 Å². The van der Waals surface area contributed by atoms with Gasteiger partial charge in [0.15, 0.2) is 0 Å². The number of amides is 2. The fourth-order valence-corrected chi connectivity index (χ4v) is 7.27. The lowest BCUT2D eigenvalue weighted by Crippen LogP contribution is -2.53. The molecule has 1 N–H and O–H groups in total. The second kappa shape index (κ2) is 8.73. The van der Waals surface area contributed by atoms with E-state index < -0.39 is 23.3 Å². The molecule has 4 atom stereocenters. The molecule has 3 aliphatic heterocycles. The van der Waals surface area contributed by atoms with Gasteiger partial charge < -0.3 is 10.2 Å². The van der Waals surface area contributed by atoms with Crippen LogP contribution in [0.5, 0.6) is 0 Å². The quantitative estimate of drug-likeness (QED) is 0.500. The minimum Gasteiger partial charge on any atom is -0.331 e. The lowest BCUT2D eigenvalue weighted by Gasteiger charge is -2.41. The van der Waals surface area contributed by atoms with Crippen LogP contribution < -0.4 is 5.32 Å². The summed E-state index contributed by atoms with van der Waals surface area (Å²) in [6.07, 6.45) is 5.86. The molecule has 3 aromatic rings. The van der Waals surface area contributed by atoms with Gasteiger partial charge in [-0.05, 0) is 55.0 Å². The topological polar surface area (TPSA) is 78.4 Å². The van der Waals surface area contributed by atoms with Crippen LogP contribution >= 0.6 is 23.2 Å². The zero-order valence-corrected chi connectivity index (χ0v) is 21.8. The SMILES string of the molecule is O=C(c1ncccn1)N1CC[C@H]2C1[C@H](c1cccc(Cl)c1F)[C@]1(C(=O)Nc3cc(Cl)ccc31)N2CC1CC1. The maximum Gasteiger partial charge on any atom is 0.291 e. The van der Waals surface area contributed by atoms with Crippen molar-refractivity contribution in [1.82, 2.24) is 19.8 Å². The third-order valence-corrected chi connectivity index (χ3v) is 9.06. The highest BCUT2D eigenvalue weighted by Crippen LogP contribution is 2.61. The van der Waals surface area contributed by atoms with E-state index in [0.717, 1.165) is 18.4 Å². The number of carbonyl (C=O) groups excluding carboxylic acids is 2. The number of halogens is 3. The summed E-state index contributed by atoms with van der Waals surface area (Å²) in [5.41, 5.74) is 0.437. The summed E-state index contributed by atoms with van der Waals surface area (Å²) in [5, 5.41) is 3.52. The number of rotatable bonds is 4. The molecule has 0 radical (unpaired) electrons. The predicted octanol–water partition coefficient (Wildman–Crippen LogP) is 4.86. The van der Waals surface area contributed by atoms with E-state index in [-0.39, 0.29) is 28.7 Å². The van der Waals surface area contributed by atoms with Gasteiger partial charge in [0.1, 0.15) is 11.4 Å². The molecule has 38 heavy (non-hydrogen) atoms. The Labute approximate surface area is 229 Å². The second-order valence-electron chi connectivity index (χ2n) is 10.5. The standard InChI is InChI=1S/C28H24Cl2FN5O2/c29-16-7-8-18-20(13-16)34-27(38)28(18)22(17-3-1-4-19(30)23(17)31)24-21(36(28)14-15-5-6-15)9-12-35(24)26(37)25-32-10-2-11-33-25/h1-4,7-8,10-11,13,15,21-22,24H,5-6,9,12,14H2,(H,34,38)/t21-,22-,24?,28+/m0/s1. The summed E-state index contributed by atoms with van der Waals surface area (Å²) < 4.78 is 15.9. The number of benzene rings is 2. The highest BCUT2D eigenvalue weighted by Gasteiger charge is 2.70. The van der Waals surface area contributed by atoms with E-state index in [9.17, 15) is 9.59 Å². The number of aromatic nitrogens is 2. The summed E-state index contributed by atoms with van der Waals surface area (Å²) in [6, 6.07) is 11.2. The van der Waals surface area contributed by atoms with Crippen LogP contribution in [0.25, 0.3) is 0 Å². The highest BCUT2D eigenvalue weighted by molar-refractivity contribution is 6.31. The Kier molecular flexibility index (Phi) is 5.51. The van der Waals surface area contributed by atoms with Crippen LogP contribution in [-0.2, 0) is 10.3 Å². The van der Waals surface area contributed by atoms with Crippen molar-refractivity contribution < 1.29 is 14.0 Å². The molecule has 1 unspecified atom stereocenters. The van der Waals surface area contributed by atoms with Crippen molar-refractivity contribution in [2.24, 2.45) is 5.92 Å². The Morgan fingerprint density at radius 2 is 1.89 bits per heavy atom. The first-order valence-corrected chi connectivity index (χ1v) is 13.6. The van der Waals surface area contributed by atoms with Gasteiger partial charge in [0.05, 0.1) is 11.1 Å². The molecule has 0 bridgehead atoms. The minimum absolute atomic E-state index is 0.0214. The number of fused-ring (bicyclic) bond motifs is 3. The first kappa shape index (κ1) is 24.0. The Hall–Kier alpha value is -3.07. The number of anilines is 1. The van der Waals surface area contributed by atoms with Crippen molar-refractivity contribution in [3.05, 3.63) is 87.7 Å². The molecule has 3 fully saturated rings. The number of nitrogens with one attached hydrogen (secondary N) is 1. The van der Waals surface area contributed by atoms with E-state index in [0.29, 0.717) is 41.7 Å². The summed E-state index contributed by atoms with van der Waals surface area (Å²) in [6.45, 7) is 1.14. The molecular formula is C28H24Cl2FN5O2. The number of hydrogen-bond acceptors (Lipinski definition) is 5. The molecule has 194 valence electrons. The van der Waals surface area contributed by atoms with Crippen LogP contribution in [0.3, 0.4) is 0 Å². The summed E-state index contributed by atoms with van der Waals surface area (Å²) >= 11 is 12.6. The summed E-state index contributed by atoms with van der Waals surface area (Å²) in [4.78, 5) is 40.4. The lowest BCUT2D eigenvalue weighted by atomic mass is 9.73. The molecule has 1 aliphatic carbocycles. The molecule has 7 rings (SSSR count). The Morgan fingerprint density at radius 3 is 2.66 bits per heavy atom. The van der Waals surface area contributed by atoms with E-state index in [2.05, 4.69) is 20.2 Å². The lowest BCUT2D eigenvalue weighted by molar-refractivity contribution is -0.128. The Bertz CT molecular complexity index is 1470. The smallest absolute Gasteiger partial charge is 0.291 e. The second-order valence-corrected chi connectivity index (χ2v) is 11.4. The van der Waals surface area contributed by atoms with Gasteiger partial charge >= 0.3 is 0 Å². The van der Waals surface area contributed by atoms with Crippen LogP contribution in [0.2, 0.25) is 10.0 Å². The molecule has 4 heterocycles. The largest absolute Gasteiger partial charge is 0.331 e. The van der Waals surface area contributed by atoms with Crippen LogP contribution in [0, 0.1) is 11.7 Å². The minimum atomic E-state index is -1.24. The zero-order chi connectivity index (χ0) is 26.2. The van der Waals surface area contributed by atoms with Gasteiger partial charge in [-0.3, -0.25) is 14.5 Å². The molecule has 2 amide bonds. The third-order valence-electron chi connectivity index (χ3n) is 8.54. The molecule has 10 heteroatoms. The van der Waals surface area contributed by atoms with Crippen LogP contribution in [0.15, 0.2) is 54.9 Å². The van der Waals surface area contributed by atoms with E-state index in [1.807, 2.05) is 6.07 Å². The summed E-state index contributed by atoms with van der Waals surface area (Å²) in [5.74, 6) is -1.34. The maximum absolute atomic E-state index is 15.9. The molecule has 4 aliphatic rings. The van der Waals surface area contributed by atoms with Gasteiger partial charge in [-0.25, -0.2) is 14.4 Å². The number of nitrogens with zero attached hydrogens (tertiary/aromatic N) is 4. The third kappa shape index (κ3) is 3.36. The van der Waals surface area contributed by atoms with Crippen molar-refractivity contribution in [2.45, 2.75) is 42.8 Å². The van der Waals surface area contributed by atoms with Gasteiger partial charge in [0.2, 0.25) is 11.7 Å². The highest BCUT2D eigenvalue weighted by atomic mass is 35.5. The normalized spacial score (nSPS) is 28.0. The summed E-state index contributed by atoms with van der Waals surface area (Å²) in [7, 11) is 0. The van der Waals surface area contributed by atoms with Crippen LogP contribution in [-0.4, -0.2) is 56.8 Å². The van der Waals surface area contributed by atoms with E-state index in [1.165, 1.54) is 18.5 Å². The van der Waals surface area contributed by atoms with E-state index in [4.69, 9.17) is 23.2 Å². The van der Waals surface area contributed by atoms with E-state index >= 15 is 4.39 Å².